The van der Waals surface area contributed by atoms with Crippen molar-refractivity contribution in [3.8, 4) is 91.2 Å². The Balaban J connectivity index is 1.16. The zero-order valence-corrected chi connectivity index (χ0v) is 36.3. The second-order valence-corrected chi connectivity index (χ2v) is 16.9. The van der Waals surface area contributed by atoms with E-state index in [1.54, 1.807) is 0 Å². The van der Waals surface area contributed by atoms with Gasteiger partial charge in [-0.2, -0.15) is 0 Å². The van der Waals surface area contributed by atoms with E-state index in [1.165, 1.54) is 48.6 Å². The monoisotopic (exact) mass is 976 g/mol. The lowest BCUT2D eigenvalue weighted by molar-refractivity contribution is 0.208. The van der Waals surface area contributed by atoms with E-state index >= 15 is 0 Å². The molecule has 12 aliphatic rings. The summed E-state index contributed by atoms with van der Waals surface area (Å²) >= 11 is 0. The molecule has 0 saturated heterocycles. The molecule has 72 heavy (non-hydrogen) atoms. The maximum Gasteiger partial charge on any atom is 0.347 e. The van der Waals surface area contributed by atoms with Crippen LogP contribution in [0.1, 0.15) is 80.5 Å². The van der Waals surface area contributed by atoms with Crippen LogP contribution in [0.2, 0.25) is 0 Å². The van der Waals surface area contributed by atoms with Crippen molar-refractivity contribution in [2.24, 2.45) is 0 Å². The highest BCUT2D eigenvalue weighted by atomic mass is 16.5. The van der Waals surface area contributed by atoms with Crippen molar-refractivity contribution in [1.29, 1.82) is 0 Å². The largest absolute Gasteiger partial charge is 0.507 e. The van der Waals surface area contributed by atoms with Crippen molar-refractivity contribution < 1.29 is 78.2 Å². The number of hydrogen-bond acceptors (Lipinski definition) is 20. The van der Waals surface area contributed by atoms with E-state index in [4.69, 9.17) is 27.1 Å². The van der Waals surface area contributed by atoms with E-state index in [1.807, 2.05) is 0 Å². The van der Waals surface area contributed by atoms with Gasteiger partial charge in [-0.15, -0.1) is 0 Å². The Morgan fingerprint density at radius 3 is 1.10 bits per heavy atom. The molecule has 11 aliphatic heterocycles. The lowest BCUT2D eigenvalue weighted by Gasteiger charge is -2.19. The van der Waals surface area contributed by atoms with Gasteiger partial charge in [-0.3, -0.25) is 0 Å². The average Bonchev–Trinajstić information content (AvgIpc) is 3.91. The van der Waals surface area contributed by atoms with Gasteiger partial charge in [-0.25, -0.2) is 19.2 Å². The van der Waals surface area contributed by atoms with Crippen molar-refractivity contribution >= 4 is 24.3 Å². The van der Waals surface area contributed by atoms with Crippen molar-refractivity contribution in [3.05, 3.63) is 183 Å². The molecule has 15 heterocycles. The summed E-state index contributed by atoms with van der Waals surface area (Å²) in [6.45, 7) is 0. The first kappa shape index (κ1) is 44.3. The van der Waals surface area contributed by atoms with Gasteiger partial charge in [0.05, 0.1) is 23.0 Å². The minimum Gasteiger partial charge on any atom is -0.507 e. The Morgan fingerprint density at radius 2 is 0.722 bits per heavy atom. The van der Waals surface area contributed by atoms with Gasteiger partial charge in [-0.05, 0) is 82.9 Å². The van der Waals surface area contributed by atoms with Gasteiger partial charge in [0.2, 0.25) is 0 Å². The standard InChI is InChI=1S/C52H32O20/c53-27-7-3-21(11-29(27)55)47-43-40-18-36(62)42(50(64)72-40)26-16-34(60)32(58)10-20(26)2-6-24-14-38-46(52(66)68-24)44(48(70-38)22-4-8-28(54)30(56)12-22)39-17-35(61)41(49(63)71-39)25-15-33(59)31(57)9-19(25)1-5-23-13-37(69-47)45(43)51(65)67-23/h1-18,43-44,47-48,53-62H/b5-1-,6-2-/t43-,44-,47+,48+/m0/s1. The SMILES string of the molecule is O=c1oc2cc(O)c1-c1cc(O)c(O)cc1/C=C\c1cc3c(c(=O)o1)[C@H](c1cc(O)c(c(=O)o1)-c1cc(O)c(O)cc1/C=C\c1cc4c(c(=O)o1)[C@H]2[C@@H](c1ccc(O)c(O)c1)O4)[C@@H](c1ccc(O)c(O)c1)O3. The summed E-state index contributed by atoms with van der Waals surface area (Å²) in [6.07, 6.45) is 2.30. The lowest BCUT2D eigenvalue weighted by Crippen LogP contribution is -2.18. The minimum absolute atomic E-state index is 0.0582. The van der Waals surface area contributed by atoms with E-state index in [2.05, 4.69) is 0 Å². The molecule has 0 unspecified atom stereocenters. The number of ether oxygens (including phenoxy) is 2. The Morgan fingerprint density at radius 1 is 0.347 bits per heavy atom. The molecule has 0 fully saturated rings. The maximum atomic E-state index is 14.2. The van der Waals surface area contributed by atoms with Gasteiger partial charge in [0, 0.05) is 35.4 Å². The highest BCUT2D eigenvalue weighted by molar-refractivity contribution is 5.86. The molecule has 8 aromatic rings. The highest BCUT2D eigenvalue weighted by Gasteiger charge is 2.45. The third kappa shape index (κ3) is 7.16. The molecule has 4 aromatic carbocycles. The van der Waals surface area contributed by atoms with Crippen LogP contribution in [0.15, 0.2) is 122 Å². The quantitative estimate of drug-likeness (QED) is 0.0774. The number of phenolic OH excluding ortho intramolecular Hbond substituents is 8. The summed E-state index contributed by atoms with van der Waals surface area (Å²) < 4.78 is 35.6. The Bertz CT molecular complexity index is 3710. The number of phenols is 8. The van der Waals surface area contributed by atoms with Crippen molar-refractivity contribution in [3.63, 3.8) is 0 Å². The van der Waals surface area contributed by atoms with Gasteiger partial charge in [0.15, 0.2) is 46.0 Å². The summed E-state index contributed by atoms with van der Waals surface area (Å²) in [6, 6.07) is 15.8. The molecule has 360 valence electrons. The van der Waals surface area contributed by atoms with Crippen molar-refractivity contribution in [2.75, 3.05) is 0 Å². The number of rotatable bonds is 2. The molecule has 20 rings (SSSR count). The fourth-order valence-electron chi connectivity index (χ4n) is 9.21. The molecule has 0 saturated carbocycles. The van der Waals surface area contributed by atoms with Crippen LogP contribution >= 0.6 is 0 Å². The molecule has 4 aromatic heterocycles. The van der Waals surface area contributed by atoms with E-state index < -0.39 is 115 Å². The minimum atomic E-state index is -1.40. The Hall–Kier alpha value is -10.2. The van der Waals surface area contributed by atoms with Crippen molar-refractivity contribution in [2.45, 2.75) is 24.0 Å². The van der Waals surface area contributed by atoms with Crippen LogP contribution in [0.4, 0.5) is 0 Å². The molecule has 20 nitrogen and oxygen atoms in total. The summed E-state index contributed by atoms with van der Waals surface area (Å²) in [7, 11) is 0. The third-order valence-corrected chi connectivity index (χ3v) is 12.5. The topological polar surface area (TPSA) is 342 Å². The first-order chi connectivity index (χ1) is 34.4. The second kappa shape index (κ2) is 16.2. The molecule has 0 radical (unpaired) electrons. The third-order valence-electron chi connectivity index (χ3n) is 12.5. The number of aromatic hydroxyl groups is 10. The average molecular weight is 977 g/mol. The molecule has 4 atom stereocenters. The molecule has 0 amide bonds. The number of hydrogen-bond donors (Lipinski definition) is 10. The molecule has 12 bridgehead atoms. The van der Waals surface area contributed by atoms with E-state index in [9.17, 15) is 70.2 Å². The van der Waals surface area contributed by atoms with Crippen LogP contribution in [-0.2, 0) is 0 Å². The summed E-state index contributed by atoms with van der Waals surface area (Å²) in [4.78, 5) is 56.5. The molecule has 10 N–H and O–H groups in total. The first-order valence-electron chi connectivity index (χ1n) is 21.4. The number of benzene rings is 4. The molecular formula is C52H32O20. The zero-order valence-electron chi connectivity index (χ0n) is 36.3. The molecule has 0 spiro atoms. The van der Waals surface area contributed by atoms with E-state index in [0.717, 1.165) is 60.7 Å². The molecule has 20 heteroatoms. The van der Waals surface area contributed by atoms with Crippen LogP contribution in [-0.4, -0.2) is 51.1 Å². The van der Waals surface area contributed by atoms with Gasteiger partial charge >= 0.3 is 22.5 Å². The predicted octanol–water partition coefficient (Wildman–Crippen LogP) is 7.07. The predicted molar refractivity (Wildman–Crippen MR) is 249 cm³/mol. The summed E-state index contributed by atoms with van der Waals surface area (Å²) in [5.41, 5.74) is -6.32. The van der Waals surface area contributed by atoms with Crippen molar-refractivity contribution in [1.82, 2.24) is 0 Å². The van der Waals surface area contributed by atoms with Crippen LogP contribution in [0.5, 0.6) is 69.0 Å². The first-order valence-corrected chi connectivity index (χ1v) is 21.4. The van der Waals surface area contributed by atoms with Crippen LogP contribution < -0.4 is 32.0 Å². The Kier molecular flexibility index (Phi) is 9.96. The van der Waals surface area contributed by atoms with Gasteiger partial charge in [-0.1, -0.05) is 24.3 Å². The van der Waals surface area contributed by atoms with Gasteiger partial charge in [0.25, 0.3) is 0 Å². The fourth-order valence-corrected chi connectivity index (χ4v) is 9.21. The normalized spacial score (nSPS) is 18.1. The highest BCUT2D eigenvalue weighted by Crippen LogP contribution is 2.52. The smallest absolute Gasteiger partial charge is 0.347 e. The van der Waals surface area contributed by atoms with Crippen LogP contribution in [0, 0.1) is 0 Å². The molecular weight excluding hydrogens is 945 g/mol. The second-order valence-electron chi connectivity index (χ2n) is 16.9. The van der Waals surface area contributed by atoms with Gasteiger partial charge in [0.1, 0.15) is 69.4 Å². The summed E-state index contributed by atoms with van der Waals surface area (Å²) in [5.74, 6) is -10.6. The van der Waals surface area contributed by atoms with Gasteiger partial charge < -0.3 is 78.2 Å². The van der Waals surface area contributed by atoms with E-state index in [0.29, 0.717) is 0 Å². The Labute approximate surface area is 399 Å². The van der Waals surface area contributed by atoms with Crippen LogP contribution in [0.25, 0.3) is 46.6 Å². The van der Waals surface area contributed by atoms with Crippen LogP contribution in [0.3, 0.4) is 0 Å². The van der Waals surface area contributed by atoms with E-state index in [-0.39, 0.29) is 79.0 Å². The zero-order chi connectivity index (χ0) is 50.6. The molecule has 1 aliphatic carbocycles. The maximum absolute atomic E-state index is 14.2. The fraction of sp³-hybridized carbons (Fsp3) is 0.0769. The summed E-state index contributed by atoms with van der Waals surface area (Å²) in [5, 5.41) is 107. The lowest BCUT2D eigenvalue weighted by atomic mass is 9.88.